The Balaban J connectivity index is 3.06. The van der Waals surface area contributed by atoms with Crippen LogP contribution in [0.15, 0.2) is 6.20 Å². The van der Waals surface area contributed by atoms with E-state index in [1.54, 1.807) is 14.0 Å². The predicted molar refractivity (Wildman–Crippen MR) is 52.5 cm³/mol. The SMILES string of the molecule is CCOC(=O)c1nn(C)cc1C(=O)CN. The van der Waals surface area contributed by atoms with Gasteiger partial charge in [-0.05, 0) is 6.92 Å². The summed E-state index contributed by atoms with van der Waals surface area (Å²) >= 11 is 0. The summed E-state index contributed by atoms with van der Waals surface area (Å²) in [6.07, 6.45) is 1.46. The molecule has 0 amide bonds. The van der Waals surface area contributed by atoms with Crippen LogP contribution in [0, 0.1) is 0 Å². The smallest absolute Gasteiger partial charge is 0.359 e. The van der Waals surface area contributed by atoms with Crippen LogP contribution in [-0.4, -0.2) is 34.7 Å². The molecule has 0 aliphatic heterocycles. The molecule has 0 aliphatic carbocycles. The number of hydrogen-bond donors (Lipinski definition) is 1. The third kappa shape index (κ3) is 2.41. The maximum absolute atomic E-state index is 11.4. The van der Waals surface area contributed by atoms with E-state index in [-0.39, 0.29) is 30.2 Å². The Morgan fingerprint density at radius 1 is 1.60 bits per heavy atom. The maximum Gasteiger partial charge on any atom is 0.359 e. The molecule has 0 saturated heterocycles. The number of aromatic nitrogens is 2. The maximum atomic E-state index is 11.4. The molecule has 1 rings (SSSR count). The largest absolute Gasteiger partial charge is 0.461 e. The average Bonchev–Trinajstić information content (AvgIpc) is 2.59. The van der Waals surface area contributed by atoms with Crippen LogP contribution in [0.5, 0.6) is 0 Å². The van der Waals surface area contributed by atoms with Crippen LogP contribution in [0.2, 0.25) is 0 Å². The van der Waals surface area contributed by atoms with Crippen molar-refractivity contribution in [2.45, 2.75) is 6.92 Å². The Morgan fingerprint density at radius 3 is 2.80 bits per heavy atom. The lowest BCUT2D eigenvalue weighted by molar-refractivity contribution is 0.0515. The fourth-order valence-corrected chi connectivity index (χ4v) is 1.15. The van der Waals surface area contributed by atoms with Crippen LogP contribution in [0.4, 0.5) is 0 Å². The summed E-state index contributed by atoms with van der Waals surface area (Å²) in [6.45, 7) is 1.77. The number of nitrogens with two attached hydrogens (primary N) is 1. The highest BCUT2D eigenvalue weighted by Crippen LogP contribution is 2.08. The zero-order valence-electron chi connectivity index (χ0n) is 8.69. The molecule has 6 heteroatoms. The highest BCUT2D eigenvalue weighted by atomic mass is 16.5. The van der Waals surface area contributed by atoms with Gasteiger partial charge in [0.15, 0.2) is 11.5 Å². The number of rotatable bonds is 4. The number of carbonyl (C=O) groups excluding carboxylic acids is 2. The van der Waals surface area contributed by atoms with Gasteiger partial charge in [-0.2, -0.15) is 5.10 Å². The molecule has 1 aromatic heterocycles. The number of esters is 1. The molecule has 15 heavy (non-hydrogen) atoms. The lowest BCUT2D eigenvalue weighted by Crippen LogP contribution is -2.17. The van der Waals surface area contributed by atoms with Gasteiger partial charge in [0.1, 0.15) is 0 Å². The fourth-order valence-electron chi connectivity index (χ4n) is 1.15. The van der Waals surface area contributed by atoms with E-state index in [9.17, 15) is 9.59 Å². The van der Waals surface area contributed by atoms with Crippen molar-refractivity contribution in [2.75, 3.05) is 13.2 Å². The Bertz CT molecular complexity index is 384. The summed E-state index contributed by atoms with van der Waals surface area (Å²) in [5.74, 6) is -0.930. The van der Waals surface area contributed by atoms with Gasteiger partial charge in [-0.3, -0.25) is 9.48 Å². The summed E-state index contributed by atoms with van der Waals surface area (Å²) < 4.78 is 6.15. The number of nitrogens with zero attached hydrogens (tertiary/aromatic N) is 2. The van der Waals surface area contributed by atoms with Gasteiger partial charge < -0.3 is 10.5 Å². The summed E-state index contributed by atoms with van der Waals surface area (Å²) in [5, 5.41) is 3.86. The van der Waals surface area contributed by atoms with Gasteiger partial charge in [-0.1, -0.05) is 0 Å². The molecule has 82 valence electrons. The Morgan fingerprint density at radius 2 is 2.27 bits per heavy atom. The molecule has 0 fully saturated rings. The van der Waals surface area contributed by atoms with Crippen molar-refractivity contribution in [3.05, 3.63) is 17.5 Å². The second-order valence-electron chi connectivity index (χ2n) is 2.91. The highest BCUT2D eigenvalue weighted by molar-refractivity contribution is 6.05. The van der Waals surface area contributed by atoms with Crippen LogP contribution < -0.4 is 5.73 Å². The van der Waals surface area contributed by atoms with E-state index in [4.69, 9.17) is 10.5 Å². The first-order valence-electron chi connectivity index (χ1n) is 4.54. The van der Waals surface area contributed by atoms with Crippen molar-refractivity contribution in [3.63, 3.8) is 0 Å². The molecular weight excluding hydrogens is 198 g/mol. The summed E-state index contributed by atoms with van der Waals surface area (Å²) in [4.78, 5) is 22.8. The zero-order chi connectivity index (χ0) is 11.4. The van der Waals surface area contributed by atoms with E-state index in [1.165, 1.54) is 10.9 Å². The Hall–Kier alpha value is -1.69. The molecule has 0 unspecified atom stereocenters. The molecule has 0 atom stereocenters. The number of hydrogen-bond acceptors (Lipinski definition) is 5. The molecule has 0 saturated carbocycles. The normalized spacial score (nSPS) is 10.1. The molecule has 6 nitrogen and oxygen atoms in total. The predicted octanol–water partition coefficient (Wildman–Crippen LogP) is -0.262. The van der Waals surface area contributed by atoms with Crippen molar-refractivity contribution in [3.8, 4) is 0 Å². The van der Waals surface area contributed by atoms with Gasteiger partial charge in [-0.15, -0.1) is 0 Å². The second-order valence-corrected chi connectivity index (χ2v) is 2.91. The molecule has 0 aromatic carbocycles. The molecule has 0 radical (unpaired) electrons. The third-order valence-electron chi connectivity index (χ3n) is 1.78. The lowest BCUT2D eigenvalue weighted by Gasteiger charge is -1.99. The number of carbonyl (C=O) groups is 2. The summed E-state index contributed by atoms with van der Waals surface area (Å²) in [5.41, 5.74) is 5.45. The quantitative estimate of drug-likeness (QED) is 0.547. The van der Waals surface area contributed by atoms with Gasteiger partial charge in [0.05, 0.1) is 18.7 Å². The zero-order valence-corrected chi connectivity index (χ0v) is 8.69. The Kier molecular flexibility index (Phi) is 3.56. The second kappa shape index (κ2) is 4.70. The molecule has 0 bridgehead atoms. The van der Waals surface area contributed by atoms with Gasteiger partial charge in [0, 0.05) is 13.2 Å². The molecule has 1 heterocycles. The number of Topliss-reactive ketones (excluding diaryl/α,β-unsaturated/α-hetero) is 1. The molecule has 0 spiro atoms. The minimum Gasteiger partial charge on any atom is -0.461 e. The molecule has 2 N–H and O–H groups in total. The van der Waals surface area contributed by atoms with Gasteiger partial charge in [0.25, 0.3) is 0 Å². The average molecular weight is 211 g/mol. The summed E-state index contributed by atoms with van der Waals surface area (Å²) in [7, 11) is 1.62. The third-order valence-corrected chi connectivity index (χ3v) is 1.78. The monoisotopic (exact) mass is 211 g/mol. The highest BCUT2D eigenvalue weighted by Gasteiger charge is 2.21. The minimum absolute atomic E-state index is 0.0230. The molecular formula is C9H13N3O3. The number of ketones is 1. The molecule has 0 aliphatic rings. The molecule has 1 aromatic rings. The van der Waals surface area contributed by atoms with Gasteiger partial charge in [0.2, 0.25) is 0 Å². The van der Waals surface area contributed by atoms with Crippen LogP contribution in [0.1, 0.15) is 27.8 Å². The van der Waals surface area contributed by atoms with E-state index in [0.717, 1.165) is 0 Å². The first-order valence-corrected chi connectivity index (χ1v) is 4.54. The number of ether oxygens (including phenoxy) is 1. The van der Waals surface area contributed by atoms with Crippen molar-refractivity contribution in [1.29, 1.82) is 0 Å². The van der Waals surface area contributed by atoms with E-state index >= 15 is 0 Å². The van der Waals surface area contributed by atoms with Gasteiger partial charge >= 0.3 is 5.97 Å². The summed E-state index contributed by atoms with van der Waals surface area (Å²) in [6, 6.07) is 0. The Labute approximate surface area is 87.0 Å². The van der Waals surface area contributed by atoms with Crippen LogP contribution >= 0.6 is 0 Å². The van der Waals surface area contributed by atoms with E-state index < -0.39 is 5.97 Å². The minimum atomic E-state index is -0.602. The standard InChI is InChI=1S/C9H13N3O3/c1-3-15-9(14)8-6(7(13)4-10)5-12(2)11-8/h5H,3-4,10H2,1-2H3. The first kappa shape index (κ1) is 11.4. The van der Waals surface area contributed by atoms with E-state index in [2.05, 4.69) is 5.10 Å². The van der Waals surface area contributed by atoms with E-state index in [1.807, 2.05) is 0 Å². The van der Waals surface area contributed by atoms with Gasteiger partial charge in [-0.25, -0.2) is 4.79 Å². The first-order chi connectivity index (χ1) is 7.10. The van der Waals surface area contributed by atoms with Crippen molar-refractivity contribution < 1.29 is 14.3 Å². The van der Waals surface area contributed by atoms with Crippen LogP contribution in [0.25, 0.3) is 0 Å². The number of aryl methyl sites for hydroxylation is 1. The van der Waals surface area contributed by atoms with Crippen molar-refractivity contribution >= 4 is 11.8 Å². The van der Waals surface area contributed by atoms with E-state index in [0.29, 0.717) is 0 Å². The van der Waals surface area contributed by atoms with Crippen LogP contribution in [0.3, 0.4) is 0 Å². The van der Waals surface area contributed by atoms with Crippen molar-refractivity contribution in [2.24, 2.45) is 12.8 Å². The topological polar surface area (TPSA) is 87.2 Å². The fraction of sp³-hybridized carbons (Fsp3) is 0.444. The van der Waals surface area contributed by atoms with Crippen LogP contribution in [-0.2, 0) is 11.8 Å². The lowest BCUT2D eigenvalue weighted by atomic mass is 10.1. The van der Waals surface area contributed by atoms with Crippen molar-refractivity contribution in [1.82, 2.24) is 9.78 Å².